The molecular formula is C14H18Cl2N2O3. The maximum Gasteiger partial charge on any atom is 0.340 e. The van der Waals surface area contributed by atoms with Crippen LogP contribution in [0, 0.1) is 5.92 Å². The van der Waals surface area contributed by atoms with Gasteiger partial charge in [0, 0.05) is 11.1 Å². The smallest absolute Gasteiger partial charge is 0.340 e. The molecule has 0 aliphatic carbocycles. The zero-order chi connectivity index (χ0) is 16.2. The Balaban J connectivity index is 2.65. The fourth-order valence-electron chi connectivity index (χ4n) is 1.42. The molecule has 0 aromatic heterocycles. The highest BCUT2D eigenvalue weighted by atomic mass is 35.5. The maximum atomic E-state index is 11.9. The summed E-state index contributed by atoms with van der Waals surface area (Å²) in [6.45, 7) is 5.44. The summed E-state index contributed by atoms with van der Waals surface area (Å²) in [5.41, 5.74) is 5.80. The first-order chi connectivity index (χ1) is 9.72. The van der Waals surface area contributed by atoms with Crippen molar-refractivity contribution in [2.45, 2.75) is 26.8 Å². The van der Waals surface area contributed by atoms with E-state index in [0.717, 1.165) is 0 Å². The second kappa shape index (κ2) is 7.52. The van der Waals surface area contributed by atoms with Crippen molar-refractivity contribution in [2.75, 3.05) is 12.3 Å². The van der Waals surface area contributed by atoms with E-state index in [4.69, 9.17) is 33.7 Å². The predicted molar refractivity (Wildman–Crippen MR) is 83.6 cm³/mol. The first kappa shape index (κ1) is 17.6. The minimum atomic E-state index is -0.746. The molecule has 1 aromatic carbocycles. The molecule has 3 N–H and O–H groups in total. The topological polar surface area (TPSA) is 81.4 Å². The summed E-state index contributed by atoms with van der Waals surface area (Å²) in [7, 11) is 0. The SMILES string of the molecule is CC(C)[C@H](C)NC(=O)COC(=O)c1cc(Cl)cc(Cl)c1N. The molecule has 21 heavy (non-hydrogen) atoms. The molecule has 1 rings (SSSR count). The van der Waals surface area contributed by atoms with Crippen molar-refractivity contribution in [3.8, 4) is 0 Å². The number of amides is 1. The Morgan fingerprint density at radius 2 is 1.90 bits per heavy atom. The van der Waals surface area contributed by atoms with Gasteiger partial charge in [0.15, 0.2) is 6.61 Å². The highest BCUT2D eigenvalue weighted by Gasteiger charge is 2.17. The molecule has 5 nitrogen and oxygen atoms in total. The number of halogens is 2. The molecule has 0 heterocycles. The normalized spacial score (nSPS) is 12.1. The van der Waals surface area contributed by atoms with Gasteiger partial charge in [-0.05, 0) is 25.0 Å². The van der Waals surface area contributed by atoms with E-state index in [-0.39, 0.29) is 45.8 Å². The molecule has 0 radical (unpaired) electrons. The zero-order valence-electron chi connectivity index (χ0n) is 12.1. The number of anilines is 1. The minimum absolute atomic E-state index is 0.0121. The lowest BCUT2D eigenvalue weighted by molar-refractivity contribution is -0.125. The number of hydrogen-bond acceptors (Lipinski definition) is 4. The average Bonchev–Trinajstić information content (AvgIpc) is 2.39. The zero-order valence-corrected chi connectivity index (χ0v) is 13.6. The van der Waals surface area contributed by atoms with Crippen LogP contribution in [-0.2, 0) is 9.53 Å². The molecule has 0 spiro atoms. The number of hydrogen-bond donors (Lipinski definition) is 2. The number of nitrogen functional groups attached to an aromatic ring is 1. The van der Waals surface area contributed by atoms with Crippen molar-refractivity contribution < 1.29 is 14.3 Å². The maximum absolute atomic E-state index is 11.9. The molecule has 0 saturated heterocycles. The number of carbonyl (C=O) groups is 2. The second-order valence-electron chi connectivity index (χ2n) is 5.03. The van der Waals surface area contributed by atoms with E-state index in [9.17, 15) is 9.59 Å². The van der Waals surface area contributed by atoms with Crippen LogP contribution in [0.1, 0.15) is 31.1 Å². The molecule has 0 fully saturated rings. The van der Waals surface area contributed by atoms with Gasteiger partial charge in [-0.25, -0.2) is 4.79 Å². The Kier molecular flexibility index (Phi) is 6.30. The summed E-state index contributed by atoms with van der Waals surface area (Å²) in [6.07, 6.45) is 0. The third-order valence-corrected chi connectivity index (χ3v) is 3.57. The lowest BCUT2D eigenvalue weighted by Gasteiger charge is -2.17. The summed E-state index contributed by atoms with van der Waals surface area (Å²) in [5, 5.41) is 3.15. The van der Waals surface area contributed by atoms with E-state index >= 15 is 0 Å². The van der Waals surface area contributed by atoms with Crippen LogP contribution in [0.25, 0.3) is 0 Å². The van der Waals surface area contributed by atoms with E-state index in [1.165, 1.54) is 12.1 Å². The molecule has 0 bridgehead atoms. The van der Waals surface area contributed by atoms with Gasteiger partial charge < -0.3 is 15.8 Å². The van der Waals surface area contributed by atoms with Gasteiger partial charge in [-0.2, -0.15) is 0 Å². The first-order valence-electron chi connectivity index (χ1n) is 6.43. The van der Waals surface area contributed by atoms with E-state index in [1.54, 1.807) is 0 Å². The van der Waals surface area contributed by atoms with Crippen LogP contribution >= 0.6 is 23.2 Å². The Morgan fingerprint density at radius 1 is 1.29 bits per heavy atom. The third kappa shape index (κ3) is 5.10. The summed E-state index contributed by atoms with van der Waals surface area (Å²) in [5.74, 6) is -0.840. The van der Waals surface area contributed by atoms with Crippen LogP contribution in [0.2, 0.25) is 10.0 Å². The quantitative estimate of drug-likeness (QED) is 0.641. The van der Waals surface area contributed by atoms with Crippen molar-refractivity contribution in [2.24, 2.45) is 5.92 Å². The molecule has 0 aliphatic rings. The van der Waals surface area contributed by atoms with Crippen molar-refractivity contribution in [3.05, 3.63) is 27.7 Å². The molecule has 0 unspecified atom stereocenters. The predicted octanol–water partition coefficient (Wildman–Crippen LogP) is 2.89. The van der Waals surface area contributed by atoms with E-state index in [2.05, 4.69) is 5.32 Å². The van der Waals surface area contributed by atoms with Gasteiger partial charge in [0.1, 0.15) is 0 Å². The monoisotopic (exact) mass is 332 g/mol. The third-order valence-electron chi connectivity index (χ3n) is 3.04. The summed E-state index contributed by atoms with van der Waals surface area (Å²) < 4.78 is 4.91. The molecular weight excluding hydrogens is 315 g/mol. The van der Waals surface area contributed by atoms with Crippen LogP contribution in [0.15, 0.2) is 12.1 Å². The Bertz CT molecular complexity index is 547. The van der Waals surface area contributed by atoms with Gasteiger partial charge in [0.05, 0.1) is 16.3 Å². The fraction of sp³-hybridized carbons (Fsp3) is 0.429. The lowest BCUT2D eigenvalue weighted by Crippen LogP contribution is -2.38. The van der Waals surface area contributed by atoms with Gasteiger partial charge in [-0.1, -0.05) is 37.0 Å². The Morgan fingerprint density at radius 3 is 2.48 bits per heavy atom. The summed E-state index contributed by atoms with van der Waals surface area (Å²) >= 11 is 11.6. The molecule has 7 heteroatoms. The van der Waals surface area contributed by atoms with Crippen LogP contribution in [0.5, 0.6) is 0 Å². The van der Waals surface area contributed by atoms with E-state index < -0.39 is 5.97 Å². The van der Waals surface area contributed by atoms with Gasteiger partial charge in [0.2, 0.25) is 0 Å². The number of benzene rings is 1. The number of nitrogens with two attached hydrogens (primary N) is 1. The Labute approximate surface area is 133 Å². The molecule has 1 amide bonds. The number of nitrogens with one attached hydrogen (secondary N) is 1. The van der Waals surface area contributed by atoms with E-state index in [0.29, 0.717) is 0 Å². The van der Waals surface area contributed by atoms with Gasteiger partial charge in [-0.3, -0.25) is 4.79 Å². The summed E-state index contributed by atoms with van der Waals surface area (Å²) in [6, 6.07) is 2.76. The molecule has 0 saturated carbocycles. The highest BCUT2D eigenvalue weighted by molar-refractivity contribution is 6.37. The largest absolute Gasteiger partial charge is 0.452 e. The molecule has 0 aliphatic heterocycles. The summed E-state index contributed by atoms with van der Waals surface area (Å²) in [4.78, 5) is 23.5. The van der Waals surface area contributed by atoms with Crippen molar-refractivity contribution in [1.82, 2.24) is 5.32 Å². The molecule has 116 valence electrons. The number of esters is 1. The Hall–Kier alpha value is -1.46. The van der Waals surface area contributed by atoms with E-state index in [1.807, 2.05) is 20.8 Å². The lowest BCUT2D eigenvalue weighted by atomic mass is 10.1. The number of ether oxygens (including phenoxy) is 1. The van der Waals surface area contributed by atoms with Crippen LogP contribution in [-0.4, -0.2) is 24.5 Å². The van der Waals surface area contributed by atoms with Gasteiger partial charge in [0.25, 0.3) is 5.91 Å². The van der Waals surface area contributed by atoms with Crippen molar-refractivity contribution >= 4 is 40.8 Å². The molecule has 1 aromatic rings. The van der Waals surface area contributed by atoms with Gasteiger partial charge in [-0.15, -0.1) is 0 Å². The standard InChI is InChI=1S/C14H18Cl2N2O3/c1-7(2)8(3)18-12(19)6-21-14(20)10-4-9(15)5-11(16)13(10)17/h4-5,7-8H,6,17H2,1-3H3,(H,18,19)/t8-/m0/s1. The van der Waals surface area contributed by atoms with Gasteiger partial charge >= 0.3 is 5.97 Å². The van der Waals surface area contributed by atoms with Crippen molar-refractivity contribution in [1.29, 1.82) is 0 Å². The van der Waals surface area contributed by atoms with Crippen LogP contribution < -0.4 is 11.1 Å². The molecule has 1 atom stereocenters. The van der Waals surface area contributed by atoms with Crippen LogP contribution in [0.3, 0.4) is 0 Å². The fourth-order valence-corrected chi connectivity index (χ4v) is 1.92. The highest BCUT2D eigenvalue weighted by Crippen LogP contribution is 2.27. The number of rotatable bonds is 5. The second-order valence-corrected chi connectivity index (χ2v) is 5.87. The van der Waals surface area contributed by atoms with Crippen molar-refractivity contribution in [3.63, 3.8) is 0 Å². The first-order valence-corrected chi connectivity index (χ1v) is 7.19. The number of carbonyl (C=O) groups excluding carboxylic acids is 2. The minimum Gasteiger partial charge on any atom is -0.452 e. The van der Waals surface area contributed by atoms with Crippen LogP contribution in [0.4, 0.5) is 5.69 Å². The average molecular weight is 333 g/mol.